The molecule has 19 heavy (non-hydrogen) atoms. The molecule has 0 heterocycles. The lowest BCUT2D eigenvalue weighted by molar-refractivity contribution is 0.0829. The highest BCUT2D eigenvalue weighted by molar-refractivity contribution is 5.85. The van der Waals surface area contributed by atoms with Crippen LogP contribution < -0.4 is 5.32 Å². The van der Waals surface area contributed by atoms with Gasteiger partial charge >= 0.3 is 0 Å². The van der Waals surface area contributed by atoms with E-state index in [0.717, 1.165) is 19.5 Å². The van der Waals surface area contributed by atoms with Gasteiger partial charge in [0.25, 0.3) is 0 Å². The first-order valence-electron chi connectivity index (χ1n) is 7.29. The first-order valence-corrected chi connectivity index (χ1v) is 7.29. The quantitative estimate of drug-likeness (QED) is 0.886. The zero-order chi connectivity index (χ0) is 12.6. The first kappa shape index (κ1) is 16.5. The van der Waals surface area contributed by atoms with Crippen LogP contribution in [-0.4, -0.2) is 17.8 Å². The predicted molar refractivity (Wildman–Crippen MR) is 82.6 cm³/mol. The molecule has 0 unspecified atom stereocenters. The normalized spacial score (nSPS) is 24.1. The van der Waals surface area contributed by atoms with Crippen LogP contribution in [0.5, 0.6) is 0 Å². The maximum atomic E-state index is 10.1. The van der Waals surface area contributed by atoms with Crippen LogP contribution in [0.3, 0.4) is 0 Å². The number of rotatable bonds is 4. The Morgan fingerprint density at radius 1 is 1.00 bits per heavy atom. The lowest BCUT2D eigenvalue weighted by atomic mass is 9.88. The largest absolute Gasteiger partial charge is 0.393 e. The van der Waals surface area contributed by atoms with Crippen molar-refractivity contribution in [3.05, 3.63) is 35.9 Å². The highest BCUT2D eigenvalue weighted by Crippen LogP contribution is 2.22. The molecule has 0 aliphatic heterocycles. The van der Waals surface area contributed by atoms with E-state index in [1.165, 1.54) is 37.7 Å². The van der Waals surface area contributed by atoms with E-state index in [9.17, 15) is 5.11 Å². The molecule has 0 amide bonds. The molecule has 1 fully saturated rings. The SMILES string of the molecule is Cl.O[C@H]1CCCCCC[C@H]1CNCc1ccccc1. The van der Waals surface area contributed by atoms with Gasteiger partial charge in [-0.1, -0.05) is 56.0 Å². The number of nitrogens with one attached hydrogen (secondary N) is 1. The Kier molecular flexibility index (Phi) is 8.11. The third-order valence-corrected chi connectivity index (χ3v) is 3.95. The van der Waals surface area contributed by atoms with E-state index < -0.39 is 0 Å². The topological polar surface area (TPSA) is 32.3 Å². The van der Waals surface area contributed by atoms with Gasteiger partial charge in [-0.15, -0.1) is 12.4 Å². The van der Waals surface area contributed by atoms with Gasteiger partial charge < -0.3 is 10.4 Å². The molecule has 1 aliphatic carbocycles. The van der Waals surface area contributed by atoms with E-state index in [-0.39, 0.29) is 18.5 Å². The van der Waals surface area contributed by atoms with Crippen molar-refractivity contribution < 1.29 is 5.11 Å². The maximum absolute atomic E-state index is 10.1. The van der Waals surface area contributed by atoms with Gasteiger partial charge in [0.15, 0.2) is 0 Å². The summed E-state index contributed by atoms with van der Waals surface area (Å²) in [4.78, 5) is 0. The second-order valence-corrected chi connectivity index (χ2v) is 5.44. The average Bonchev–Trinajstić information content (AvgIpc) is 2.39. The molecule has 0 radical (unpaired) electrons. The van der Waals surface area contributed by atoms with Gasteiger partial charge in [-0.05, 0) is 24.3 Å². The summed E-state index contributed by atoms with van der Waals surface area (Å²) in [6.07, 6.45) is 7.14. The summed E-state index contributed by atoms with van der Waals surface area (Å²) in [6.45, 7) is 1.85. The van der Waals surface area contributed by atoms with E-state index in [2.05, 4.69) is 29.6 Å². The second kappa shape index (κ2) is 9.35. The number of halogens is 1. The van der Waals surface area contributed by atoms with E-state index >= 15 is 0 Å². The Morgan fingerprint density at radius 2 is 1.68 bits per heavy atom. The minimum Gasteiger partial charge on any atom is -0.393 e. The lowest BCUT2D eigenvalue weighted by Gasteiger charge is -2.25. The number of aliphatic hydroxyl groups is 1. The van der Waals surface area contributed by atoms with Gasteiger partial charge in [0.1, 0.15) is 0 Å². The molecule has 2 nitrogen and oxygen atoms in total. The molecule has 0 spiro atoms. The van der Waals surface area contributed by atoms with Gasteiger partial charge in [0.05, 0.1) is 6.10 Å². The molecule has 0 aromatic heterocycles. The molecule has 2 N–H and O–H groups in total. The molecule has 108 valence electrons. The Morgan fingerprint density at radius 3 is 2.42 bits per heavy atom. The smallest absolute Gasteiger partial charge is 0.0580 e. The highest BCUT2D eigenvalue weighted by Gasteiger charge is 2.19. The van der Waals surface area contributed by atoms with Crippen molar-refractivity contribution in [2.45, 2.75) is 51.2 Å². The van der Waals surface area contributed by atoms with Gasteiger partial charge in [-0.25, -0.2) is 0 Å². The van der Waals surface area contributed by atoms with Crippen LogP contribution >= 0.6 is 12.4 Å². The van der Waals surface area contributed by atoms with Gasteiger partial charge in [-0.3, -0.25) is 0 Å². The molecular weight excluding hydrogens is 258 g/mol. The zero-order valence-electron chi connectivity index (χ0n) is 11.6. The van der Waals surface area contributed by atoms with Gasteiger partial charge in [-0.2, -0.15) is 0 Å². The number of aliphatic hydroxyl groups excluding tert-OH is 1. The fourth-order valence-corrected chi connectivity index (χ4v) is 2.78. The number of benzene rings is 1. The molecule has 0 saturated heterocycles. The summed E-state index contributed by atoms with van der Waals surface area (Å²) in [6, 6.07) is 10.5. The molecule has 1 aromatic carbocycles. The van der Waals surface area contributed by atoms with Gasteiger partial charge in [0, 0.05) is 13.1 Å². The minimum atomic E-state index is -0.103. The van der Waals surface area contributed by atoms with Crippen molar-refractivity contribution in [1.82, 2.24) is 5.32 Å². The van der Waals surface area contributed by atoms with Crippen molar-refractivity contribution >= 4 is 12.4 Å². The summed E-state index contributed by atoms with van der Waals surface area (Å²) in [5.41, 5.74) is 1.32. The molecule has 2 atom stereocenters. The second-order valence-electron chi connectivity index (χ2n) is 5.44. The zero-order valence-corrected chi connectivity index (χ0v) is 12.4. The van der Waals surface area contributed by atoms with Crippen LogP contribution in [0.25, 0.3) is 0 Å². The number of hydrogen-bond acceptors (Lipinski definition) is 2. The summed E-state index contributed by atoms with van der Waals surface area (Å²) in [7, 11) is 0. The van der Waals surface area contributed by atoms with Gasteiger partial charge in [0.2, 0.25) is 0 Å². The maximum Gasteiger partial charge on any atom is 0.0580 e. The summed E-state index contributed by atoms with van der Waals surface area (Å²) in [5, 5.41) is 13.6. The fourth-order valence-electron chi connectivity index (χ4n) is 2.78. The lowest BCUT2D eigenvalue weighted by Crippen LogP contribution is -2.32. The van der Waals surface area contributed by atoms with Crippen molar-refractivity contribution in [2.24, 2.45) is 5.92 Å². The Labute approximate surface area is 123 Å². The summed E-state index contributed by atoms with van der Waals surface area (Å²) >= 11 is 0. The average molecular weight is 284 g/mol. The standard InChI is InChI=1S/C16H25NO.ClH/c18-16-11-7-2-1-6-10-15(16)13-17-12-14-8-4-3-5-9-14;/h3-5,8-9,15-18H,1-2,6-7,10-13H2;1H/t15-,16-;/m0./s1. The first-order chi connectivity index (χ1) is 8.86. The Bertz CT molecular complexity index is 331. The fraction of sp³-hybridized carbons (Fsp3) is 0.625. The minimum absolute atomic E-state index is 0. The predicted octanol–water partition coefficient (Wildman–Crippen LogP) is 3.53. The highest BCUT2D eigenvalue weighted by atomic mass is 35.5. The number of hydrogen-bond donors (Lipinski definition) is 2. The molecule has 0 bridgehead atoms. The van der Waals surface area contributed by atoms with Crippen LogP contribution in [-0.2, 0) is 6.54 Å². The van der Waals surface area contributed by atoms with E-state index in [4.69, 9.17) is 0 Å². The third kappa shape index (κ3) is 5.94. The third-order valence-electron chi connectivity index (χ3n) is 3.95. The van der Waals surface area contributed by atoms with Crippen LogP contribution in [0, 0.1) is 5.92 Å². The van der Waals surface area contributed by atoms with Crippen LogP contribution in [0.15, 0.2) is 30.3 Å². The summed E-state index contributed by atoms with van der Waals surface area (Å²) in [5.74, 6) is 0.439. The van der Waals surface area contributed by atoms with Crippen molar-refractivity contribution in [1.29, 1.82) is 0 Å². The summed E-state index contributed by atoms with van der Waals surface area (Å²) < 4.78 is 0. The van der Waals surface area contributed by atoms with Crippen LogP contribution in [0.4, 0.5) is 0 Å². The van der Waals surface area contributed by atoms with Crippen LogP contribution in [0.1, 0.15) is 44.1 Å². The van der Waals surface area contributed by atoms with Crippen LogP contribution in [0.2, 0.25) is 0 Å². The molecule has 1 saturated carbocycles. The molecule has 3 heteroatoms. The monoisotopic (exact) mass is 283 g/mol. The van der Waals surface area contributed by atoms with Crippen molar-refractivity contribution in [3.8, 4) is 0 Å². The Balaban J connectivity index is 0.00000180. The molecule has 1 aromatic rings. The Hall–Kier alpha value is -0.570. The van der Waals surface area contributed by atoms with Crippen molar-refractivity contribution in [3.63, 3.8) is 0 Å². The van der Waals surface area contributed by atoms with Crippen molar-refractivity contribution in [2.75, 3.05) is 6.54 Å². The van der Waals surface area contributed by atoms with E-state index in [1.807, 2.05) is 6.07 Å². The van der Waals surface area contributed by atoms with E-state index in [0.29, 0.717) is 5.92 Å². The molecule has 1 aliphatic rings. The molecular formula is C16H26ClNO. The van der Waals surface area contributed by atoms with E-state index in [1.54, 1.807) is 0 Å². The molecule has 2 rings (SSSR count).